The van der Waals surface area contributed by atoms with Gasteiger partial charge in [0.05, 0.1) is 13.1 Å². The van der Waals surface area contributed by atoms with Crippen molar-refractivity contribution >= 4 is 0 Å². The molecule has 0 aliphatic carbocycles. The third-order valence-corrected chi connectivity index (χ3v) is 3.15. The van der Waals surface area contributed by atoms with Gasteiger partial charge in [-0.05, 0) is 45.1 Å². The summed E-state index contributed by atoms with van der Waals surface area (Å²) < 4.78 is 5.76. The van der Waals surface area contributed by atoms with Crippen LogP contribution in [0.2, 0.25) is 0 Å². The van der Waals surface area contributed by atoms with Gasteiger partial charge in [-0.2, -0.15) is 0 Å². The summed E-state index contributed by atoms with van der Waals surface area (Å²) >= 11 is 0. The Morgan fingerprint density at radius 1 is 1.12 bits per heavy atom. The lowest BCUT2D eigenvalue weighted by atomic mass is 10.2. The SMILES string of the molecule is CNCc1ccc(CN2CCCCCC2)o1. The first kappa shape index (κ1) is 11.7. The van der Waals surface area contributed by atoms with Crippen LogP contribution in [-0.4, -0.2) is 25.0 Å². The van der Waals surface area contributed by atoms with Gasteiger partial charge in [0.15, 0.2) is 0 Å². The fourth-order valence-corrected chi connectivity index (χ4v) is 2.29. The molecule has 2 rings (SSSR count). The normalized spacial score (nSPS) is 18.6. The van der Waals surface area contributed by atoms with E-state index >= 15 is 0 Å². The van der Waals surface area contributed by atoms with E-state index in [0.29, 0.717) is 0 Å². The van der Waals surface area contributed by atoms with E-state index in [4.69, 9.17) is 4.42 Å². The van der Waals surface area contributed by atoms with E-state index in [9.17, 15) is 0 Å². The zero-order valence-electron chi connectivity index (χ0n) is 10.2. The van der Waals surface area contributed by atoms with E-state index in [1.165, 1.54) is 38.8 Å². The first-order valence-electron chi connectivity index (χ1n) is 6.33. The van der Waals surface area contributed by atoms with Crippen LogP contribution in [0.4, 0.5) is 0 Å². The van der Waals surface area contributed by atoms with E-state index in [-0.39, 0.29) is 0 Å². The second-order valence-corrected chi connectivity index (χ2v) is 4.59. The van der Waals surface area contributed by atoms with Gasteiger partial charge >= 0.3 is 0 Å². The molecule has 1 aromatic heterocycles. The third-order valence-electron chi connectivity index (χ3n) is 3.15. The summed E-state index contributed by atoms with van der Waals surface area (Å²) in [6, 6.07) is 4.18. The quantitative estimate of drug-likeness (QED) is 0.848. The van der Waals surface area contributed by atoms with Gasteiger partial charge in [-0.1, -0.05) is 12.8 Å². The largest absolute Gasteiger partial charge is 0.463 e. The minimum atomic E-state index is 0.819. The molecule has 3 nitrogen and oxygen atoms in total. The molecule has 1 aromatic rings. The van der Waals surface area contributed by atoms with Crippen molar-refractivity contribution in [3.63, 3.8) is 0 Å². The molecule has 1 N–H and O–H groups in total. The Bertz CT molecular complexity index is 301. The van der Waals surface area contributed by atoms with Crippen LogP contribution in [0, 0.1) is 0 Å². The third kappa shape index (κ3) is 3.35. The van der Waals surface area contributed by atoms with Crippen molar-refractivity contribution in [1.82, 2.24) is 10.2 Å². The van der Waals surface area contributed by atoms with Crippen molar-refractivity contribution in [3.05, 3.63) is 23.7 Å². The van der Waals surface area contributed by atoms with Crippen LogP contribution in [0.3, 0.4) is 0 Å². The number of nitrogens with zero attached hydrogens (tertiary/aromatic N) is 1. The minimum absolute atomic E-state index is 0.819. The number of rotatable bonds is 4. The maximum absolute atomic E-state index is 5.76. The molecular formula is C13H22N2O. The van der Waals surface area contributed by atoms with Crippen molar-refractivity contribution in [2.45, 2.75) is 38.8 Å². The highest BCUT2D eigenvalue weighted by molar-refractivity contribution is 5.07. The Hall–Kier alpha value is -0.800. The van der Waals surface area contributed by atoms with Crippen molar-refractivity contribution in [3.8, 4) is 0 Å². The molecule has 0 unspecified atom stereocenters. The summed E-state index contributed by atoms with van der Waals surface area (Å²) in [6.45, 7) is 4.24. The number of furan rings is 1. The van der Waals surface area contributed by atoms with Crippen LogP contribution >= 0.6 is 0 Å². The minimum Gasteiger partial charge on any atom is -0.463 e. The Balaban J connectivity index is 1.86. The Morgan fingerprint density at radius 3 is 2.50 bits per heavy atom. The molecular weight excluding hydrogens is 200 g/mol. The molecule has 1 aliphatic heterocycles. The molecule has 16 heavy (non-hydrogen) atoms. The lowest BCUT2D eigenvalue weighted by Crippen LogP contribution is -2.23. The Morgan fingerprint density at radius 2 is 1.81 bits per heavy atom. The van der Waals surface area contributed by atoms with Crippen LogP contribution in [0.25, 0.3) is 0 Å². The molecule has 0 atom stereocenters. The Kier molecular flexibility index (Phi) is 4.43. The zero-order chi connectivity index (χ0) is 11.2. The monoisotopic (exact) mass is 222 g/mol. The average molecular weight is 222 g/mol. The van der Waals surface area contributed by atoms with E-state index in [2.05, 4.69) is 22.3 Å². The summed E-state index contributed by atoms with van der Waals surface area (Å²) in [5, 5.41) is 3.10. The predicted molar refractivity (Wildman–Crippen MR) is 65.2 cm³/mol. The fraction of sp³-hybridized carbons (Fsp3) is 0.692. The standard InChI is InChI=1S/C13H22N2O/c1-14-10-12-6-7-13(16-12)11-15-8-4-2-3-5-9-15/h6-7,14H,2-5,8-11H2,1H3. The molecule has 1 aliphatic rings. The first-order chi connectivity index (χ1) is 7.88. The van der Waals surface area contributed by atoms with Gasteiger partial charge in [-0.3, -0.25) is 4.90 Å². The van der Waals surface area contributed by atoms with Crippen LogP contribution in [0.1, 0.15) is 37.2 Å². The average Bonchev–Trinajstić information content (AvgIpc) is 2.56. The molecule has 1 fully saturated rings. The highest BCUT2D eigenvalue weighted by Gasteiger charge is 2.11. The van der Waals surface area contributed by atoms with Crippen molar-refractivity contribution in [1.29, 1.82) is 0 Å². The zero-order valence-corrected chi connectivity index (χ0v) is 10.2. The number of likely N-dealkylation sites (tertiary alicyclic amines) is 1. The van der Waals surface area contributed by atoms with Gasteiger partial charge < -0.3 is 9.73 Å². The van der Waals surface area contributed by atoms with Crippen molar-refractivity contribution < 1.29 is 4.42 Å². The van der Waals surface area contributed by atoms with Crippen molar-refractivity contribution in [2.24, 2.45) is 0 Å². The topological polar surface area (TPSA) is 28.4 Å². The molecule has 0 saturated carbocycles. The summed E-state index contributed by atoms with van der Waals surface area (Å²) in [6.07, 6.45) is 5.45. The second-order valence-electron chi connectivity index (χ2n) is 4.59. The molecule has 0 amide bonds. The molecule has 0 radical (unpaired) electrons. The molecule has 2 heterocycles. The van der Waals surface area contributed by atoms with Crippen LogP contribution in [-0.2, 0) is 13.1 Å². The lowest BCUT2D eigenvalue weighted by molar-refractivity contribution is 0.250. The summed E-state index contributed by atoms with van der Waals surface area (Å²) in [5.41, 5.74) is 0. The van der Waals surface area contributed by atoms with Crippen LogP contribution in [0.5, 0.6) is 0 Å². The molecule has 0 bridgehead atoms. The lowest BCUT2D eigenvalue weighted by Gasteiger charge is -2.17. The Labute approximate surface area is 97.8 Å². The summed E-state index contributed by atoms with van der Waals surface area (Å²) in [4.78, 5) is 2.51. The summed E-state index contributed by atoms with van der Waals surface area (Å²) in [5.74, 6) is 2.14. The van der Waals surface area contributed by atoms with Gasteiger partial charge in [0.2, 0.25) is 0 Å². The van der Waals surface area contributed by atoms with Gasteiger partial charge in [-0.15, -0.1) is 0 Å². The summed E-state index contributed by atoms with van der Waals surface area (Å²) in [7, 11) is 1.94. The number of nitrogens with one attached hydrogen (secondary N) is 1. The van der Waals surface area contributed by atoms with Gasteiger partial charge in [0.25, 0.3) is 0 Å². The van der Waals surface area contributed by atoms with Gasteiger partial charge in [0.1, 0.15) is 11.5 Å². The van der Waals surface area contributed by atoms with E-state index in [0.717, 1.165) is 24.6 Å². The van der Waals surface area contributed by atoms with E-state index in [1.54, 1.807) is 0 Å². The van der Waals surface area contributed by atoms with Crippen LogP contribution < -0.4 is 5.32 Å². The molecule has 3 heteroatoms. The maximum atomic E-state index is 5.76. The first-order valence-corrected chi connectivity index (χ1v) is 6.33. The smallest absolute Gasteiger partial charge is 0.118 e. The van der Waals surface area contributed by atoms with Crippen molar-refractivity contribution in [2.75, 3.05) is 20.1 Å². The molecule has 90 valence electrons. The van der Waals surface area contributed by atoms with Crippen LogP contribution in [0.15, 0.2) is 16.5 Å². The highest BCUT2D eigenvalue weighted by Crippen LogP contribution is 2.15. The van der Waals surface area contributed by atoms with E-state index < -0.39 is 0 Å². The van der Waals surface area contributed by atoms with Gasteiger partial charge in [-0.25, -0.2) is 0 Å². The van der Waals surface area contributed by atoms with E-state index in [1.807, 2.05) is 7.05 Å². The fourth-order valence-electron chi connectivity index (χ4n) is 2.29. The molecule has 0 aromatic carbocycles. The predicted octanol–water partition coefficient (Wildman–Crippen LogP) is 2.38. The molecule has 0 spiro atoms. The number of hydrogen-bond acceptors (Lipinski definition) is 3. The number of hydrogen-bond donors (Lipinski definition) is 1. The highest BCUT2D eigenvalue weighted by atomic mass is 16.3. The second kappa shape index (κ2) is 6.06. The maximum Gasteiger partial charge on any atom is 0.118 e. The van der Waals surface area contributed by atoms with Gasteiger partial charge in [0, 0.05) is 0 Å². The molecule has 1 saturated heterocycles.